The quantitative estimate of drug-likeness (QED) is 0.709. The second-order valence-corrected chi connectivity index (χ2v) is 7.83. The van der Waals surface area contributed by atoms with Crippen LogP contribution in [0.3, 0.4) is 0 Å². The predicted octanol–water partition coefficient (Wildman–Crippen LogP) is 1.48. The van der Waals surface area contributed by atoms with E-state index in [0.717, 1.165) is 0 Å². The molecule has 2 amide bonds. The van der Waals surface area contributed by atoms with Crippen molar-refractivity contribution < 1.29 is 23.5 Å². The molecule has 2 aliphatic rings. The van der Waals surface area contributed by atoms with Gasteiger partial charge < -0.3 is 25.4 Å². The van der Waals surface area contributed by atoms with E-state index in [4.69, 9.17) is 15.2 Å². The molecule has 2 heterocycles. The SMILES string of the molecule is CC(C)CC(N)C(=O)NC[C@@H]1CN(c2ccc(N3CCOCC3)c(F)c2)C(=O)O1. The number of hydrogen-bond acceptors (Lipinski definition) is 6. The van der Waals surface area contributed by atoms with Crippen molar-refractivity contribution in [1.82, 2.24) is 5.32 Å². The van der Waals surface area contributed by atoms with E-state index in [9.17, 15) is 14.0 Å². The van der Waals surface area contributed by atoms with E-state index in [1.54, 1.807) is 12.1 Å². The van der Waals surface area contributed by atoms with Crippen LogP contribution >= 0.6 is 0 Å². The van der Waals surface area contributed by atoms with Crippen LogP contribution in [0.2, 0.25) is 0 Å². The summed E-state index contributed by atoms with van der Waals surface area (Å²) < 4.78 is 25.2. The topological polar surface area (TPSA) is 97.1 Å². The van der Waals surface area contributed by atoms with Crippen LogP contribution in [0.5, 0.6) is 0 Å². The number of carbonyl (C=O) groups is 2. The molecular weight excluding hydrogens is 379 g/mol. The average molecular weight is 408 g/mol. The number of hydrogen-bond donors (Lipinski definition) is 2. The van der Waals surface area contributed by atoms with Crippen LogP contribution in [-0.4, -0.2) is 63.5 Å². The summed E-state index contributed by atoms with van der Waals surface area (Å²) in [5.74, 6) is -0.353. The second kappa shape index (κ2) is 9.41. The zero-order valence-corrected chi connectivity index (χ0v) is 16.9. The van der Waals surface area contributed by atoms with Gasteiger partial charge in [0.15, 0.2) is 0 Å². The Labute approximate surface area is 170 Å². The van der Waals surface area contributed by atoms with Crippen LogP contribution in [0.4, 0.5) is 20.6 Å². The minimum Gasteiger partial charge on any atom is -0.442 e. The minimum absolute atomic E-state index is 0.168. The second-order valence-electron chi connectivity index (χ2n) is 7.83. The highest BCUT2D eigenvalue weighted by Crippen LogP contribution is 2.28. The Morgan fingerprint density at radius 3 is 2.72 bits per heavy atom. The Hall–Kier alpha value is -2.39. The van der Waals surface area contributed by atoms with Crippen LogP contribution in [0, 0.1) is 11.7 Å². The van der Waals surface area contributed by atoms with Gasteiger partial charge in [0.1, 0.15) is 11.9 Å². The van der Waals surface area contributed by atoms with Crippen molar-refractivity contribution in [2.24, 2.45) is 11.7 Å². The van der Waals surface area contributed by atoms with Crippen molar-refractivity contribution in [3.05, 3.63) is 24.0 Å². The molecule has 2 saturated heterocycles. The molecule has 3 N–H and O–H groups in total. The number of rotatable bonds is 7. The Bertz CT molecular complexity index is 739. The van der Waals surface area contributed by atoms with Gasteiger partial charge in [-0.1, -0.05) is 13.8 Å². The minimum atomic E-state index is -0.593. The van der Waals surface area contributed by atoms with Gasteiger partial charge >= 0.3 is 6.09 Å². The zero-order valence-electron chi connectivity index (χ0n) is 16.9. The van der Waals surface area contributed by atoms with Crippen molar-refractivity contribution in [2.45, 2.75) is 32.4 Å². The highest BCUT2D eigenvalue weighted by Gasteiger charge is 2.33. The molecule has 2 fully saturated rings. The summed E-state index contributed by atoms with van der Waals surface area (Å²) in [6.45, 7) is 6.77. The number of nitrogens with two attached hydrogens (primary N) is 1. The Morgan fingerprint density at radius 1 is 1.34 bits per heavy atom. The third-order valence-electron chi connectivity index (χ3n) is 5.03. The summed E-state index contributed by atoms with van der Waals surface area (Å²) in [6.07, 6.45) is -0.495. The summed E-state index contributed by atoms with van der Waals surface area (Å²) in [5, 5.41) is 2.73. The third kappa shape index (κ3) is 5.36. The van der Waals surface area contributed by atoms with Crippen molar-refractivity contribution in [3.8, 4) is 0 Å². The van der Waals surface area contributed by atoms with Gasteiger partial charge in [-0.25, -0.2) is 9.18 Å². The molecule has 0 radical (unpaired) electrons. The van der Waals surface area contributed by atoms with Gasteiger partial charge in [-0.2, -0.15) is 0 Å². The van der Waals surface area contributed by atoms with E-state index in [1.165, 1.54) is 11.0 Å². The molecule has 2 atom stereocenters. The first-order valence-electron chi connectivity index (χ1n) is 9.99. The molecule has 9 heteroatoms. The molecule has 0 bridgehead atoms. The van der Waals surface area contributed by atoms with Gasteiger partial charge in [0.2, 0.25) is 5.91 Å². The van der Waals surface area contributed by atoms with Gasteiger partial charge in [-0.05, 0) is 30.5 Å². The molecule has 160 valence electrons. The maximum Gasteiger partial charge on any atom is 0.414 e. The van der Waals surface area contributed by atoms with Crippen molar-refractivity contribution in [1.29, 1.82) is 0 Å². The number of halogens is 1. The third-order valence-corrected chi connectivity index (χ3v) is 5.03. The number of nitrogens with zero attached hydrogens (tertiary/aromatic N) is 2. The predicted molar refractivity (Wildman–Crippen MR) is 107 cm³/mol. The van der Waals surface area contributed by atoms with Crippen molar-refractivity contribution in [3.63, 3.8) is 0 Å². The molecule has 0 spiro atoms. The molecule has 0 saturated carbocycles. The van der Waals surface area contributed by atoms with Crippen LogP contribution in [0.1, 0.15) is 20.3 Å². The Kier molecular flexibility index (Phi) is 6.92. The molecule has 0 aromatic heterocycles. The number of benzene rings is 1. The van der Waals surface area contributed by atoms with Crippen molar-refractivity contribution in [2.75, 3.05) is 49.2 Å². The lowest BCUT2D eigenvalue weighted by Crippen LogP contribution is -2.44. The van der Waals surface area contributed by atoms with Crippen LogP contribution < -0.4 is 20.9 Å². The first-order valence-corrected chi connectivity index (χ1v) is 9.99. The van der Waals surface area contributed by atoms with Gasteiger partial charge in [0, 0.05) is 13.1 Å². The highest BCUT2D eigenvalue weighted by atomic mass is 19.1. The lowest BCUT2D eigenvalue weighted by molar-refractivity contribution is -0.123. The number of morpholine rings is 1. The standard InChI is InChI=1S/C20H29FN4O4/c1-13(2)9-17(22)19(26)23-11-15-12-25(20(27)29-15)14-3-4-18(16(21)10-14)24-5-7-28-8-6-24/h3-4,10,13,15,17H,5-9,11-12,22H2,1-2H3,(H,23,26)/t15-,17?/m1/s1. The van der Waals surface area contributed by atoms with E-state index in [2.05, 4.69) is 5.32 Å². The van der Waals surface area contributed by atoms with E-state index >= 15 is 0 Å². The van der Waals surface area contributed by atoms with Crippen LogP contribution in [0.25, 0.3) is 0 Å². The molecule has 1 unspecified atom stereocenters. The molecular formula is C20H29FN4O4. The molecule has 3 rings (SSSR count). The smallest absolute Gasteiger partial charge is 0.414 e. The zero-order chi connectivity index (χ0) is 21.0. The number of ether oxygens (including phenoxy) is 2. The van der Waals surface area contributed by atoms with E-state index in [-0.39, 0.29) is 19.0 Å². The summed E-state index contributed by atoms with van der Waals surface area (Å²) in [5.41, 5.74) is 6.78. The molecule has 1 aromatic carbocycles. The molecule has 2 aliphatic heterocycles. The maximum atomic E-state index is 14.6. The molecule has 0 aliphatic carbocycles. The lowest BCUT2D eigenvalue weighted by Gasteiger charge is -2.29. The number of amides is 2. The van der Waals surface area contributed by atoms with E-state index in [1.807, 2.05) is 18.7 Å². The summed E-state index contributed by atoms with van der Waals surface area (Å²) in [6, 6.07) is 4.12. The number of cyclic esters (lactones) is 1. The van der Waals surface area contributed by atoms with Crippen LogP contribution in [0.15, 0.2) is 18.2 Å². The maximum absolute atomic E-state index is 14.6. The summed E-state index contributed by atoms with van der Waals surface area (Å²) >= 11 is 0. The fraction of sp³-hybridized carbons (Fsp3) is 0.600. The first-order chi connectivity index (χ1) is 13.8. The highest BCUT2D eigenvalue weighted by molar-refractivity contribution is 5.90. The monoisotopic (exact) mass is 408 g/mol. The fourth-order valence-corrected chi connectivity index (χ4v) is 3.52. The largest absolute Gasteiger partial charge is 0.442 e. The van der Waals surface area contributed by atoms with E-state index in [0.29, 0.717) is 50.0 Å². The van der Waals surface area contributed by atoms with Gasteiger partial charge in [0.25, 0.3) is 0 Å². The molecule has 1 aromatic rings. The number of carbonyl (C=O) groups excluding carboxylic acids is 2. The van der Waals surface area contributed by atoms with Gasteiger partial charge in [-0.15, -0.1) is 0 Å². The van der Waals surface area contributed by atoms with Gasteiger partial charge in [0.05, 0.1) is 43.7 Å². The molecule has 8 nitrogen and oxygen atoms in total. The van der Waals surface area contributed by atoms with Crippen molar-refractivity contribution >= 4 is 23.4 Å². The normalized spacial score (nSPS) is 20.7. The first kappa shape index (κ1) is 21.3. The lowest BCUT2D eigenvalue weighted by atomic mass is 10.0. The average Bonchev–Trinajstić information content (AvgIpc) is 3.06. The summed E-state index contributed by atoms with van der Waals surface area (Å²) in [4.78, 5) is 27.6. The Balaban J connectivity index is 1.57. The van der Waals surface area contributed by atoms with Crippen LogP contribution in [-0.2, 0) is 14.3 Å². The fourth-order valence-electron chi connectivity index (χ4n) is 3.52. The number of nitrogens with one attached hydrogen (secondary N) is 1. The molecule has 29 heavy (non-hydrogen) atoms. The van der Waals surface area contributed by atoms with E-state index < -0.39 is 24.1 Å². The number of anilines is 2. The van der Waals surface area contributed by atoms with Gasteiger partial charge in [-0.3, -0.25) is 9.69 Å². The summed E-state index contributed by atoms with van der Waals surface area (Å²) in [7, 11) is 0. The Morgan fingerprint density at radius 2 is 2.07 bits per heavy atom.